The summed E-state index contributed by atoms with van der Waals surface area (Å²) in [6, 6.07) is 0. The second-order valence-corrected chi connectivity index (χ2v) is 16.7. The van der Waals surface area contributed by atoms with Gasteiger partial charge >= 0.3 is 17.9 Å². The van der Waals surface area contributed by atoms with E-state index >= 15 is 0 Å². The molecule has 0 fully saturated rings. The van der Waals surface area contributed by atoms with Crippen molar-refractivity contribution in [3.05, 3.63) is 72.9 Å². The third kappa shape index (κ3) is 47.7. The summed E-state index contributed by atoms with van der Waals surface area (Å²) in [4.78, 5) is 37.9. The summed E-state index contributed by atoms with van der Waals surface area (Å²) in [5, 5.41) is 0. The van der Waals surface area contributed by atoms with Crippen LogP contribution < -0.4 is 0 Å². The van der Waals surface area contributed by atoms with Gasteiger partial charge in [0.05, 0.1) is 0 Å². The molecule has 0 aliphatic rings. The Hall–Kier alpha value is -3.15. The van der Waals surface area contributed by atoms with Gasteiger partial charge in [0.1, 0.15) is 13.2 Å². The van der Waals surface area contributed by atoms with E-state index < -0.39 is 6.10 Å². The zero-order valence-electron chi connectivity index (χ0n) is 39.9. The van der Waals surface area contributed by atoms with Gasteiger partial charge in [-0.15, -0.1) is 0 Å². The zero-order valence-corrected chi connectivity index (χ0v) is 39.9. The van der Waals surface area contributed by atoms with E-state index in [1.54, 1.807) is 0 Å². The maximum atomic E-state index is 12.7. The predicted molar refractivity (Wildman–Crippen MR) is 261 cm³/mol. The lowest BCUT2D eigenvalue weighted by atomic mass is 10.1. The SMILES string of the molecule is CC/C=C\C/C=C\C/C=C\C/C=C\CCCCC(=O)O[C@H](COC(=O)CCCCCCCCCCC)COC(=O)CCCCCCCCCCC/C=C\C/C=C\CCCCC. The lowest BCUT2D eigenvalue weighted by Crippen LogP contribution is -2.30. The van der Waals surface area contributed by atoms with Crippen molar-refractivity contribution in [3.63, 3.8) is 0 Å². The first-order valence-corrected chi connectivity index (χ1v) is 25.4. The van der Waals surface area contributed by atoms with Crippen LogP contribution in [0.4, 0.5) is 0 Å². The molecule has 6 nitrogen and oxygen atoms in total. The van der Waals surface area contributed by atoms with E-state index in [0.717, 1.165) is 83.5 Å². The van der Waals surface area contributed by atoms with Crippen LogP contribution in [-0.2, 0) is 28.6 Å². The lowest BCUT2D eigenvalue weighted by molar-refractivity contribution is -0.167. The lowest BCUT2D eigenvalue weighted by Gasteiger charge is -2.18. The molecule has 0 saturated heterocycles. The molecule has 0 aromatic heterocycles. The number of hydrogen-bond acceptors (Lipinski definition) is 6. The predicted octanol–water partition coefficient (Wildman–Crippen LogP) is 16.6. The molecule has 0 amide bonds. The molecule has 0 radical (unpaired) electrons. The molecule has 61 heavy (non-hydrogen) atoms. The van der Waals surface area contributed by atoms with Crippen LogP contribution in [0.2, 0.25) is 0 Å². The third-order valence-electron chi connectivity index (χ3n) is 10.7. The van der Waals surface area contributed by atoms with Gasteiger partial charge in [-0.2, -0.15) is 0 Å². The van der Waals surface area contributed by atoms with E-state index in [-0.39, 0.29) is 37.5 Å². The summed E-state index contributed by atoms with van der Waals surface area (Å²) in [6.45, 7) is 6.44. The molecule has 0 aromatic rings. The number of rotatable bonds is 45. The van der Waals surface area contributed by atoms with Gasteiger partial charge < -0.3 is 14.2 Å². The first-order chi connectivity index (χ1) is 30.0. The van der Waals surface area contributed by atoms with Gasteiger partial charge in [0.15, 0.2) is 6.10 Å². The standard InChI is InChI=1S/C55H94O6/c1-4-7-10-13-16-19-21-23-25-26-27-28-30-31-33-36-39-42-45-48-54(57)60-51-52(50-59-53(56)47-44-41-38-35-18-15-12-9-6-3)61-55(58)49-46-43-40-37-34-32-29-24-22-20-17-14-11-8-5-2/h8,11,16-17,19-20,23-25,29,34,37,52H,4-7,9-10,12-15,18,21-22,26-28,30-33,35-36,38-51H2,1-3H3/b11-8-,19-16-,20-17-,25-23-,29-24-,37-34-/t52-/m1/s1. The fraction of sp³-hybridized carbons (Fsp3) is 0.727. The average molecular weight is 851 g/mol. The highest BCUT2D eigenvalue weighted by molar-refractivity contribution is 5.71. The fourth-order valence-electron chi connectivity index (χ4n) is 6.87. The number of ether oxygens (including phenoxy) is 3. The van der Waals surface area contributed by atoms with Crippen LogP contribution in [0.25, 0.3) is 0 Å². The normalized spacial score (nSPS) is 12.6. The van der Waals surface area contributed by atoms with Gasteiger partial charge in [0.2, 0.25) is 0 Å². The number of unbranched alkanes of at least 4 members (excludes halogenated alkanes) is 22. The van der Waals surface area contributed by atoms with E-state index in [0.29, 0.717) is 19.3 Å². The highest BCUT2D eigenvalue weighted by Gasteiger charge is 2.19. The van der Waals surface area contributed by atoms with E-state index in [1.807, 2.05) is 0 Å². The molecule has 0 heterocycles. The van der Waals surface area contributed by atoms with E-state index in [9.17, 15) is 14.4 Å². The summed E-state index contributed by atoms with van der Waals surface area (Å²) in [7, 11) is 0. The Kier molecular flexibility index (Phi) is 46.9. The summed E-state index contributed by atoms with van der Waals surface area (Å²) >= 11 is 0. The van der Waals surface area contributed by atoms with E-state index in [2.05, 4.69) is 93.7 Å². The number of esters is 3. The summed E-state index contributed by atoms with van der Waals surface area (Å²) in [5.74, 6) is -0.941. The topological polar surface area (TPSA) is 78.9 Å². The second kappa shape index (κ2) is 49.5. The maximum absolute atomic E-state index is 12.7. The number of carbonyl (C=O) groups excluding carboxylic acids is 3. The number of carbonyl (C=O) groups is 3. The minimum Gasteiger partial charge on any atom is -0.462 e. The quantitative estimate of drug-likeness (QED) is 0.0263. The Balaban J connectivity index is 4.37. The maximum Gasteiger partial charge on any atom is 0.306 e. The second-order valence-electron chi connectivity index (χ2n) is 16.7. The minimum absolute atomic E-state index is 0.0925. The van der Waals surface area contributed by atoms with Crippen molar-refractivity contribution >= 4 is 17.9 Å². The number of hydrogen-bond donors (Lipinski definition) is 0. The zero-order chi connectivity index (χ0) is 44.4. The van der Waals surface area contributed by atoms with Crippen LogP contribution in [-0.4, -0.2) is 37.2 Å². The van der Waals surface area contributed by atoms with Crippen LogP contribution in [0, 0.1) is 0 Å². The largest absolute Gasteiger partial charge is 0.462 e. The van der Waals surface area contributed by atoms with Crippen LogP contribution >= 0.6 is 0 Å². The molecule has 0 spiro atoms. The molecular weight excluding hydrogens is 757 g/mol. The van der Waals surface area contributed by atoms with E-state index in [1.165, 1.54) is 109 Å². The average Bonchev–Trinajstić information content (AvgIpc) is 3.26. The van der Waals surface area contributed by atoms with Gasteiger partial charge in [-0.3, -0.25) is 14.4 Å². The molecule has 0 rings (SSSR count). The van der Waals surface area contributed by atoms with Gasteiger partial charge in [0, 0.05) is 19.3 Å². The van der Waals surface area contributed by atoms with Crippen LogP contribution in [0.15, 0.2) is 72.9 Å². The summed E-state index contributed by atoms with van der Waals surface area (Å²) < 4.78 is 16.7. The van der Waals surface area contributed by atoms with Gasteiger partial charge in [0.25, 0.3) is 0 Å². The molecule has 0 unspecified atom stereocenters. The molecular formula is C55H94O6. The summed E-state index contributed by atoms with van der Waals surface area (Å²) in [6.07, 6.45) is 61.8. The van der Waals surface area contributed by atoms with Crippen LogP contribution in [0.5, 0.6) is 0 Å². The molecule has 350 valence electrons. The number of allylic oxidation sites excluding steroid dienone is 12. The molecule has 0 aromatic carbocycles. The van der Waals surface area contributed by atoms with Crippen LogP contribution in [0.3, 0.4) is 0 Å². The third-order valence-corrected chi connectivity index (χ3v) is 10.7. The van der Waals surface area contributed by atoms with Gasteiger partial charge in [-0.25, -0.2) is 0 Å². The van der Waals surface area contributed by atoms with E-state index in [4.69, 9.17) is 14.2 Å². The van der Waals surface area contributed by atoms with Crippen molar-refractivity contribution in [1.29, 1.82) is 0 Å². The molecule has 0 N–H and O–H groups in total. The molecule has 6 heteroatoms. The first-order valence-electron chi connectivity index (χ1n) is 25.4. The minimum atomic E-state index is -0.795. The molecule has 0 aliphatic heterocycles. The Labute approximate surface area is 376 Å². The smallest absolute Gasteiger partial charge is 0.306 e. The highest BCUT2D eigenvalue weighted by atomic mass is 16.6. The van der Waals surface area contributed by atoms with Crippen molar-refractivity contribution < 1.29 is 28.6 Å². The van der Waals surface area contributed by atoms with Crippen molar-refractivity contribution in [2.24, 2.45) is 0 Å². The van der Waals surface area contributed by atoms with Gasteiger partial charge in [-0.05, 0) is 89.9 Å². The Morgan fingerprint density at radius 3 is 1.07 bits per heavy atom. The fourth-order valence-corrected chi connectivity index (χ4v) is 6.87. The molecule has 1 atom stereocenters. The Morgan fingerprint density at radius 1 is 0.344 bits per heavy atom. The molecule has 0 bridgehead atoms. The Bertz CT molecular complexity index is 1160. The van der Waals surface area contributed by atoms with Crippen molar-refractivity contribution in [3.8, 4) is 0 Å². The first kappa shape index (κ1) is 57.9. The van der Waals surface area contributed by atoms with Crippen molar-refractivity contribution in [2.75, 3.05) is 13.2 Å². The molecule has 0 aliphatic carbocycles. The van der Waals surface area contributed by atoms with Crippen molar-refractivity contribution in [2.45, 2.75) is 245 Å². The summed E-state index contributed by atoms with van der Waals surface area (Å²) in [5.41, 5.74) is 0. The molecule has 0 saturated carbocycles. The van der Waals surface area contributed by atoms with Crippen LogP contribution in [0.1, 0.15) is 239 Å². The Morgan fingerprint density at radius 2 is 0.639 bits per heavy atom. The monoisotopic (exact) mass is 851 g/mol. The highest BCUT2D eigenvalue weighted by Crippen LogP contribution is 2.14. The van der Waals surface area contributed by atoms with Crippen molar-refractivity contribution in [1.82, 2.24) is 0 Å². The van der Waals surface area contributed by atoms with Gasteiger partial charge in [-0.1, -0.05) is 203 Å².